The van der Waals surface area contributed by atoms with Crippen molar-refractivity contribution in [2.75, 3.05) is 0 Å². The molecule has 0 aromatic rings. The van der Waals surface area contributed by atoms with Crippen molar-refractivity contribution in [1.82, 2.24) is 5.48 Å². The molecular weight excluding hydrogens is 180 g/mol. The van der Waals surface area contributed by atoms with Crippen LogP contribution in [0.5, 0.6) is 0 Å². The summed E-state index contributed by atoms with van der Waals surface area (Å²) in [5.41, 5.74) is 1.78. The molecule has 1 amide bonds. The first-order chi connectivity index (χ1) is 6.00. The number of carbonyl (C=O) groups excluding carboxylic acids is 1. The number of carbonyl (C=O) groups is 1. The van der Waals surface area contributed by atoms with Crippen molar-refractivity contribution in [3.8, 4) is 0 Å². The zero-order valence-electron chi connectivity index (χ0n) is 7.48. The number of rotatable bonds is 3. The van der Waals surface area contributed by atoms with Crippen LogP contribution in [0.4, 0.5) is 8.78 Å². The first-order valence-electron chi connectivity index (χ1n) is 4.34. The van der Waals surface area contributed by atoms with E-state index in [0.29, 0.717) is 6.92 Å². The fourth-order valence-electron chi connectivity index (χ4n) is 1.23. The van der Waals surface area contributed by atoms with Gasteiger partial charge in [-0.05, 0) is 12.8 Å². The van der Waals surface area contributed by atoms with Crippen LogP contribution in [0.25, 0.3) is 0 Å². The van der Waals surface area contributed by atoms with Crippen LogP contribution in [-0.4, -0.2) is 17.9 Å². The lowest BCUT2D eigenvalue weighted by atomic mass is 10.3. The second-order valence-electron chi connectivity index (χ2n) is 3.34. The standard InChI is InChI=1S/C8H13F2NO2/c1-8(9,10)7(12)11-13-6-4-2-3-5-6/h6H,2-5H2,1H3,(H,11,12). The highest BCUT2D eigenvalue weighted by Gasteiger charge is 2.33. The molecule has 1 aliphatic rings. The van der Waals surface area contributed by atoms with Gasteiger partial charge in [0.25, 0.3) is 0 Å². The molecule has 1 aliphatic carbocycles. The minimum Gasteiger partial charge on any atom is -0.270 e. The van der Waals surface area contributed by atoms with E-state index in [2.05, 4.69) is 0 Å². The maximum Gasteiger partial charge on any atom is 0.324 e. The highest BCUT2D eigenvalue weighted by atomic mass is 19.3. The fourth-order valence-corrected chi connectivity index (χ4v) is 1.23. The van der Waals surface area contributed by atoms with E-state index >= 15 is 0 Å². The van der Waals surface area contributed by atoms with E-state index in [1.807, 2.05) is 0 Å². The zero-order chi connectivity index (χ0) is 9.90. The van der Waals surface area contributed by atoms with Crippen molar-refractivity contribution in [3.05, 3.63) is 0 Å². The van der Waals surface area contributed by atoms with Gasteiger partial charge < -0.3 is 0 Å². The summed E-state index contributed by atoms with van der Waals surface area (Å²) < 4.78 is 24.6. The predicted octanol–water partition coefficient (Wildman–Crippen LogP) is 1.63. The molecule has 1 N–H and O–H groups in total. The summed E-state index contributed by atoms with van der Waals surface area (Å²) in [5.74, 6) is -4.74. The summed E-state index contributed by atoms with van der Waals surface area (Å²) in [4.78, 5) is 15.4. The van der Waals surface area contributed by atoms with Gasteiger partial charge in [0.05, 0.1) is 6.10 Å². The average molecular weight is 193 g/mol. The lowest BCUT2D eigenvalue weighted by Gasteiger charge is -2.14. The Morgan fingerprint density at radius 2 is 2.00 bits per heavy atom. The fraction of sp³-hybridized carbons (Fsp3) is 0.875. The number of nitrogens with one attached hydrogen (secondary N) is 1. The number of amides is 1. The Bertz CT molecular complexity index is 185. The molecule has 13 heavy (non-hydrogen) atoms. The Labute approximate surface area is 75.4 Å². The van der Waals surface area contributed by atoms with E-state index in [1.165, 1.54) is 0 Å². The summed E-state index contributed by atoms with van der Waals surface area (Å²) in [5, 5.41) is 0. The van der Waals surface area contributed by atoms with Crippen LogP contribution in [0.2, 0.25) is 0 Å². The SMILES string of the molecule is CC(F)(F)C(=O)NOC1CCCC1. The molecule has 76 valence electrons. The lowest BCUT2D eigenvalue weighted by molar-refractivity contribution is -0.160. The van der Waals surface area contributed by atoms with E-state index in [0.717, 1.165) is 25.7 Å². The minimum atomic E-state index is -3.36. The van der Waals surface area contributed by atoms with E-state index in [4.69, 9.17) is 4.84 Å². The molecular formula is C8H13F2NO2. The molecule has 0 radical (unpaired) electrons. The number of halogens is 2. The van der Waals surface area contributed by atoms with E-state index in [-0.39, 0.29) is 6.10 Å². The molecule has 0 bridgehead atoms. The first-order valence-corrected chi connectivity index (χ1v) is 4.34. The maximum absolute atomic E-state index is 12.3. The van der Waals surface area contributed by atoms with Gasteiger partial charge in [-0.3, -0.25) is 9.63 Å². The van der Waals surface area contributed by atoms with Crippen LogP contribution in [-0.2, 0) is 9.63 Å². The third kappa shape index (κ3) is 3.26. The summed E-state index contributed by atoms with van der Waals surface area (Å²) in [6.07, 6.45) is 3.63. The summed E-state index contributed by atoms with van der Waals surface area (Å²) in [6, 6.07) is 0. The molecule has 0 heterocycles. The van der Waals surface area contributed by atoms with Gasteiger partial charge in [0.2, 0.25) is 0 Å². The quantitative estimate of drug-likeness (QED) is 0.692. The van der Waals surface area contributed by atoms with E-state index in [1.54, 1.807) is 5.48 Å². The molecule has 0 aromatic carbocycles. The highest BCUT2D eigenvalue weighted by Crippen LogP contribution is 2.20. The van der Waals surface area contributed by atoms with Crippen molar-refractivity contribution in [2.45, 2.75) is 44.6 Å². The van der Waals surface area contributed by atoms with Gasteiger partial charge in [0.1, 0.15) is 0 Å². The summed E-state index contributed by atoms with van der Waals surface area (Å²) in [7, 11) is 0. The van der Waals surface area contributed by atoms with Gasteiger partial charge in [-0.15, -0.1) is 0 Å². The van der Waals surface area contributed by atoms with E-state index < -0.39 is 11.8 Å². The lowest BCUT2D eigenvalue weighted by Crippen LogP contribution is -2.39. The van der Waals surface area contributed by atoms with Crippen LogP contribution in [0.1, 0.15) is 32.6 Å². The third-order valence-electron chi connectivity index (χ3n) is 2.02. The smallest absolute Gasteiger partial charge is 0.270 e. The Morgan fingerprint density at radius 1 is 1.46 bits per heavy atom. The van der Waals surface area contributed by atoms with Crippen molar-refractivity contribution in [3.63, 3.8) is 0 Å². The highest BCUT2D eigenvalue weighted by molar-refractivity contribution is 5.81. The molecule has 0 saturated heterocycles. The van der Waals surface area contributed by atoms with Gasteiger partial charge in [0, 0.05) is 6.92 Å². The van der Waals surface area contributed by atoms with Crippen molar-refractivity contribution >= 4 is 5.91 Å². The van der Waals surface area contributed by atoms with Crippen molar-refractivity contribution < 1.29 is 18.4 Å². The number of hydroxylamine groups is 1. The Balaban J connectivity index is 2.22. The number of alkyl halides is 2. The monoisotopic (exact) mass is 193 g/mol. The van der Waals surface area contributed by atoms with Crippen LogP contribution in [0, 0.1) is 0 Å². The predicted molar refractivity (Wildman–Crippen MR) is 42.1 cm³/mol. The van der Waals surface area contributed by atoms with Crippen LogP contribution in [0.15, 0.2) is 0 Å². The molecule has 0 aromatic heterocycles. The molecule has 5 heteroatoms. The van der Waals surface area contributed by atoms with Gasteiger partial charge >= 0.3 is 11.8 Å². The average Bonchev–Trinajstić information content (AvgIpc) is 2.50. The van der Waals surface area contributed by atoms with Crippen molar-refractivity contribution in [1.29, 1.82) is 0 Å². The van der Waals surface area contributed by atoms with Crippen LogP contribution in [0.3, 0.4) is 0 Å². The van der Waals surface area contributed by atoms with Crippen LogP contribution < -0.4 is 5.48 Å². The van der Waals surface area contributed by atoms with Gasteiger partial charge in [-0.25, -0.2) is 5.48 Å². The number of hydrogen-bond donors (Lipinski definition) is 1. The van der Waals surface area contributed by atoms with Gasteiger partial charge in [0.15, 0.2) is 0 Å². The molecule has 0 spiro atoms. The molecule has 0 atom stereocenters. The number of hydrogen-bond acceptors (Lipinski definition) is 2. The minimum absolute atomic E-state index is 0.0914. The first kappa shape index (κ1) is 10.4. The Kier molecular flexibility index (Phi) is 3.19. The third-order valence-corrected chi connectivity index (χ3v) is 2.02. The molecule has 1 rings (SSSR count). The molecule has 0 aliphatic heterocycles. The van der Waals surface area contributed by atoms with E-state index in [9.17, 15) is 13.6 Å². The maximum atomic E-state index is 12.3. The van der Waals surface area contributed by atoms with Gasteiger partial charge in [-0.2, -0.15) is 8.78 Å². The molecule has 0 unspecified atom stereocenters. The molecule has 1 saturated carbocycles. The largest absolute Gasteiger partial charge is 0.324 e. The normalized spacial score (nSPS) is 19.0. The molecule has 1 fully saturated rings. The van der Waals surface area contributed by atoms with Crippen molar-refractivity contribution in [2.24, 2.45) is 0 Å². The van der Waals surface area contributed by atoms with Gasteiger partial charge in [-0.1, -0.05) is 12.8 Å². The topological polar surface area (TPSA) is 38.3 Å². The van der Waals surface area contributed by atoms with Crippen LogP contribution >= 0.6 is 0 Å². The second-order valence-corrected chi connectivity index (χ2v) is 3.34. The molecule has 3 nitrogen and oxygen atoms in total. The Morgan fingerprint density at radius 3 is 2.46 bits per heavy atom. The Hall–Kier alpha value is -0.710. The second kappa shape index (κ2) is 4.00. The summed E-state index contributed by atoms with van der Waals surface area (Å²) in [6.45, 7) is 0.542. The zero-order valence-corrected chi connectivity index (χ0v) is 7.48. The summed E-state index contributed by atoms with van der Waals surface area (Å²) >= 11 is 0.